The Labute approximate surface area is 155 Å². The standard InChI is InChI=1S/C22H27FN2O/c1-14-15(2)22(23)20(13-26)11-19(14)10-17-6-8-18(9-7-17)21(12-24-4)16(3)25-5/h6-9,11-13,16,24-25H,10H2,1-5H3/b21-12+. The third kappa shape index (κ3) is 4.20. The highest BCUT2D eigenvalue weighted by atomic mass is 19.1. The third-order valence-electron chi connectivity index (χ3n) is 4.96. The van der Waals surface area contributed by atoms with Crippen LogP contribution in [-0.4, -0.2) is 26.4 Å². The molecule has 0 fully saturated rings. The van der Waals surface area contributed by atoms with Crippen molar-refractivity contribution in [1.29, 1.82) is 0 Å². The summed E-state index contributed by atoms with van der Waals surface area (Å²) in [7, 11) is 3.83. The highest BCUT2D eigenvalue weighted by Crippen LogP contribution is 2.24. The lowest BCUT2D eigenvalue weighted by molar-refractivity contribution is 0.111. The lowest BCUT2D eigenvalue weighted by Gasteiger charge is -2.16. The molecule has 26 heavy (non-hydrogen) atoms. The summed E-state index contributed by atoms with van der Waals surface area (Å²) in [4.78, 5) is 11.1. The minimum atomic E-state index is -0.417. The molecule has 0 aliphatic heterocycles. The van der Waals surface area contributed by atoms with E-state index in [1.807, 2.05) is 27.2 Å². The van der Waals surface area contributed by atoms with Crippen LogP contribution in [0.25, 0.3) is 5.57 Å². The number of likely N-dealkylation sites (N-methyl/N-ethyl adjacent to an activating group) is 1. The van der Waals surface area contributed by atoms with Gasteiger partial charge >= 0.3 is 0 Å². The topological polar surface area (TPSA) is 41.1 Å². The maximum Gasteiger partial charge on any atom is 0.153 e. The van der Waals surface area contributed by atoms with Crippen molar-refractivity contribution >= 4 is 11.9 Å². The van der Waals surface area contributed by atoms with Gasteiger partial charge in [-0.05, 0) is 73.7 Å². The molecule has 0 aliphatic rings. The second-order valence-electron chi connectivity index (χ2n) is 6.58. The molecule has 1 atom stereocenters. The van der Waals surface area contributed by atoms with Crippen LogP contribution < -0.4 is 10.6 Å². The average Bonchev–Trinajstić information content (AvgIpc) is 2.66. The van der Waals surface area contributed by atoms with Gasteiger partial charge in [0.25, 0.3) is 0 Å². The van der Waals surface area contributed by atoms with Gasteiger partial charge in [-0.25, -0.2) is 4.39 Å². The van der Waals surface area contributed by atoms with Crippen molar-refractivity contribution in [2.45, 2.75) is 33.2 Å². The molecule has 3 nitrogen and oxygen atoms in total. The Morgan fingerprint density at radius 2 is 1.81 bits per heavy atom. The quantitative estimate of drug-likeness (QED) is 0.738. The van der Waals surface area contributed by atoms with E-state index < -0.39 is 5.82 Å². The Balaban J connectivity index is 2.32. The van der Waals surface area contributed by atoms with Crippen molar-refractivity contribution in [3.63, 3.8) is 0 Å². The van der Waals surface area contributed by atoms with Crippen molar-refractivity contribution in [2.24, 2.45) is 0 Å². The largest absolute Gasteiger partial charge is 0.394 e. The summed E-state index contributed by atoms with van der Waals surface area (Å²) in [6, 6.07) is 10.2. The van der Waals surface area contributed by atoms with Crippen LogP contribution in [-0.2, 0) is 6.42 Å². The van der Waals surface area contributed by atoms with Gasteiger partial charge < -0.3 is 10.6 Å². The molecule has 4 heteroatoms. The molecule has 0 saturated carbocycles. The first-order chi connectivity index (χ1) is 12.4. The van der Waals surface area contributed by atoms with Gasteiger partial charge in [0.15, 0.2) is 6.29 Å². The van der Waals surface area contributed by atoms with Crippen LogP contribution in [0, 0.1) is 19.7 Å². The van der Waals surface area contributed by atoms with Gasteiger partial charge in [0.05, 0.1) is 5.56 Å². The van der Waals surface area contributed by atoms with E-state index in [1.54, 1.807) is 13.0 Å². The number of hydrogen-bond donors (Lipinski definition) is 2. The average molecular weight is 354 g/mol. The molecular formula is C22H27FN2O. The summed E-state index contributed by atoms with van der Waals surface area (Å²) in [5.74, 6) is -0.417. The van der Waals surface area contributed by atoms with Crippen LogP contribution in [0.15, 0.2) is 36.5 Å². The van der Waals surface area contributed by atoms with Crippen LogP contribution in [0.3, 0.4) is 0 Å². The number of halogens is 1. The summed E-state index contributed by atoms with van der Waals surface area (Å²) >= 11 is 0. The first kappa shape index (κ1) is 19.9. The summed E-state index contributed by atoms with van der Waals surface area (Å²) < 4.78 is 14.1. The maximum atomic E-state index is 14.1. The molecule has 0 spiro atoms. The third-order valence-corrected chi connectivity index (χ3v) is 4.96. The zero-order valence-electron chi connectivity index (χ0n) is 16.1. The molecule has 0 saturated heterocycles. The molecule has 2 rings (SSSR count). The molecule has 0 bridgehead atoms. The fourth-order valence-electron chi connectivity index (χ4n) is 3.05. The zero-order chi connectivity index (χ0) is 19.3. The van der Waals surface area contributed by atoms with E-state index in [4.69, 9.17) is 0 Å². The molecule has 2 aromatic carbocycles. The fraction of sp³-hybridized carbons (Fsp3) is 0.318. The number of carbonyl (C=O) groups excluding carboxylic acids is 1. The van der Waals surface area contributed by atoms with Gasteiger partial charge in [-0.1, -0.05) is 24.3 Å². The lowest BCUT2D eigenvalue weighted by atomic mass is 9.93. The molecule has 1 unspecified atom stereocenters. The SMILES string of the molecule is CN/C=C(/c1ccc(Cc2cc(C=O)c(F)c(C)c2C)cc1)C(C)NC. The van der Waals surface area contributed by atoms with E-state index in [0.717, 1.165) is 22.3 Å². The van der Waals surface area contributed by atoms with E-state index in [1.165, 1.54) is 5.57 Å². The number of rotatable bonds is 7. The Kier molecular flexibility index (Phi) is 6.70. The van der Waals surface area contributed by atoms with Crippen molar-refractivity contribution in [1.82, 2.24) is 10.6 Å². The molecule has 0 aromatic heterocycles. The Bertz CT molecular complexity index is 810. The molecule has 2 aromatic rings. The van der Waals surface area contributed by atoms with Crippen molar-refractivity contribution in [2.75, 3.05) is 14.1 Å². The van der Waals surface area contributed by atoms with E-state index >= 15 is 0 Å². The van der Waals surface area contributed by atoms with Gasteiger partial charge in [-0.15, -0.1) is 0 Å². The predicted molar refractivity (Wildman–Crippen MR) is 106 cm³/mol. The number of carbonyl (C=O) groups is 1. The van der Waals surface area contributed by atoms with Crippen LogP contribution in [0.2, 0.25) is 0 Å². The van der Waals surface area contributed by atoms with Gasteiger partial charge in [0, 0.05) is 19.3 Å². The monoisotopic (exact) mass is 354 g/mol. The number of hydrogen-bond acceptors (Lipinski definition) is 3. The van der Waals surface area contributed by atoms with Gasteiger partial charge in [0.1, 0.15) is 5.82 Å². The Morgan fingerprint density at radius 3 is 2.35 bits per heavy atom. The predicted octanol–water partition coefficient (Wildman–Crippen LogP) is 4.01. The van der Waals surface area contributed by atoms with Crippen molar-refractivity contribution < 1.29 is 9.18 Å². The zero-order valence-corrected chi connectivity index (χ0v) is 16.1. The Morgan fingerprint density at radius 1 is 1.15 bits per heavy atom. The summed E-state index contributed by atoms with van der Waals surface area (Å²) in [6.45, 7) is 5.74. The number of nitrogens with one attached hydrogen (secondary N) is 2. The van der Waals surface area contributed by atoms with Gasteiger partial charge in [-0.3, -0.25) is 4.79 Å². The summed E-state index contributed by atoms with van der Waals surface area (Å²) in [5, 5.41) is 6.35. The van der Waals surface area contributed by atoms with Crippen LogP contribution in [0.1, 0.15) is 45.1 Å². The smallest absolute Gasteiger partial charge is 0.153 e. The van der Waals surface area contributed by atoms with Crippen LogP contribution in [0.4, 0.5) is 4.39 Å². The Hall–Kier alpha value is -2.46. The number of aldehydes is 1. The van der Waals surface area contributed by atoms with Gasteiger partial charge in [-0.2, -0.15) is 0 Å². The second-order valence-corrected chi connectivity index (χ2v) is 6.58. The van der Waals surface area contributed by atoms with E-state index in [9.17, 15) is 9.18 Å². The summed E-state index contributed by atoms with van der Waals surface area (Å²) in [5.41, 5.74) is 6.00. The molecule has 2 N–H and O–H groups in total. The normalized spacial score (nSPS) is 12.8. The molecule has 0 heterocycles. The van der Waals surface area contributed by atoms with Crippen molar-refractivity contribution in [3.05, 3.63) is 75.7 Å². The fourth-order valence-corrected chi connectivity index (χ4v) is 3.05. The van der Waals surface area contributed by atoms with E-state index in [0.29, 0.717) is 18.3 Å². The molecule has 0 aliphatic carbocycles. The first-order valence-electron chi connectivity index (χ1n) is 8.80. The van der Waals surface area contributed by atoms with E-state index in [-0.39, 0.29) is 11.6 Å². The molecular weight excluding hydrogens is 327 g/mol. The van der Waals surface area contributed by atoms with E-state index in [2.05, 4.69) is 41.8 Å². The maximum absolute atomic E-state index is 14.1. The molecule has 0 amide bonds. The summed E-state index contributed by atoms with van der Waals surface area (Å²) in [6.07, 6.45) is 3.25. The van der Waals surface area contributed by atoms with Crippen LogP contribution in [0.5, 0.6) is 0 Å². The highest BCUT2D eigenvalue weighted by molar-refractivity contribution is 5.76. The second kappa shape index (κ2) is 8.77. The first-order valence-corrected chi connectivity index (χ1v) is 8.80. The molecule has 0 radical (unpaired) electrons. The molecule has 138 valence electrons. The van der Waals surface area contributed by atoms with Crippen LogP contribution >= 0.6 is 0 Å². The minimum absolute atomic E-state index is 0.127. The minimum Gasteiger partial charge on any atom is -0.394 e. The highest BCUT2D eigenvalue weighted by Gasteiger charge is 2.13. The van der Waals surface area contributed by atoms with Crippen molar-refractivity contribution in [3.8, 4) is 0 Å². The number of benzene rings is 2. The lowest BCUT2D eigenvalue weighted by Crippen LogP contribution is -2.23. The van der Waals surface area contributed by atoms with Gasteiger partial charge in [0.2, 0.25) is 0 Å².